The lowest BCUT2D eigenvalue weighted by molar-refractivity contribution is 1.23. The van der Waals surface area contributed by atoms with Crippen LogP contribution in [0.3, 0.4) is 0 Å². The summed E-state index contributed by atoms with van der Waals surface area (Å²) < 4.78 is 0. The molecule has 0 aliphatic rings. The number of nitrogens with one attached hydrogen (secondary N) is 1. The van der Waals surface area contributed by atoms with Crippen LogP contribution in [0.1, 0.15) is 0 Å². The topological polar surface area (TPSA) is 36.8 Å². The summed E-state index contributed by atoms with van der Waals surface area (Å²) >= 11 is 0. The van der Waals surface area contributed by atoms with Gasteiger partial charge in [0, 0.05) is 12.2 Å². The normalized spacial score (nSPS) is 10.4. The Labute approximate surface area is 107 Å². The van der Waals surface area contributed by atoms with Gasteiger partial charge in [-0.1, -0.05) is 24.3 Å². The van der Waals surface area contributed by atoms with Gasteiger partial charge in [0.2, 0.25) is 0 Å². The minimum Gasteiger partial charge on any atom is -0.382 e. The van der Waals surface area contributed by atoms with Crippen LogP contribution in [0.2, 0.25) is 0 Å². The van der Waals surface area contributed by atoms with Crippen molar-refractivity contribution in [3.8, 4) is 0 Å². The van der Waals surface area contributed by atoms with Crippen molar-refractivity contribution < 1.29 is 0 Å². The average Bonchev–Trinajstić information content (AvgIpc) is 2.45. The number of nitrogens with zero attached hydrogens (tertiary/aromatic N) is 2. The van der Waals surface area contributed by atoms with Gasteiger partial charge in [0.15, 0.2) is 0 Å². The summed E-state index contributed by atoms with van der Waals surface area (Å²) in [6, 6.07) is 17.5. The van der Waals surface area contributed by atoms with Gasteiger partial charge in [0.05, 0.1) is 11.4 Å². The zero-order valence-corrected chi connectivity index (χ0v) is 10.1. The number of anilines is 1. The Morgan fingerprint density at radius 3 is 2.11 bits per heavy atom. The first kappa shape index (κ1) is 12.0. The molecule has 2 aromatic rings. The number of hydrogen-bond acceptors (Lipinski definition) is 3. The molecule has 0 aliphatic heterocycles. The third-order valence-corrected chi connectivity index (χ3v) is 2.35. The van der Waals surface area contributed by atoms with Crippen molar-refractivity contribution in [2.75, 3.05) is 11.9 Å². The molecule has 0 heterocycles. The number of azo groups is 1. The van der Waals surface area contributed by atoms with Crippen LogP contribution in [-0.2, 0) is 0 Å². The molecule has 3 nitrogen and oxygen atoms in total. The van der Waals surface area contributed by atoms with Crippen molar-refractivity contribution in [2.45, 2.75) is 0 Å². The average molecular weight is 237 g/mol. The van der Waals surface area contributed by atoms with Gasteiger partial charge >= 0.3 is 0 Å². The van der Waals surface area contributed by atoms with Gasteiger partial charge < -0.3 is 5.32 Å². The molecule has 0 radical (unpaired) electrons. The number of hydrogen-bond donors (Lipinski definition) is 1. The van der Waals surface area contributed by atoms with Crippen molar-refractivity contribution in [1.82, 2.24) is 0 Å². The molecule has 18 heavy (non-hydrogen) atoms. The smallest absolute Gasteiger partial charge is 0.0858 e. The highest BCUT2D eigenvalue weighted by Gasteiger charge is 1.92. The maximum atomic E-state index is 4.17. The third kappa shape index (κ3) is 3.56. The van der Waals surface area contributed by atoms with Crippen LogP contribution in [0.4, 0.5) is 17.1 Å². The van der Waals surface area contributed by atoms with Crippen LogP contribution < -0.4 is 5.32 Å². The molecule has 2 aromatic carbocycles. The summed E-state index contributed by atoms with van der Waals surface area (Å²) in [5, 5.41) is 11.5. The Balaban J connectivity index is 2.02. The first-order valence-corrected chi connectivity index (χ1v) is 5.80. The van der Waals surface area contributed by atoms with Crippen molar-refractivity contribution in [1.29, 1.82) is 0 Å². The van der Waals surface area contributed by atoms with E-state index in [4.69, 9.17) is 0 Å². The Morgan fingerprint density at radius 1 is 0.889 bits per heavy atom. The fourth-order valence-electron chi connectivity index (χ4n) is 1.45. The highest BCUT2D eigenvalue weighted by molar-refractivity contribution is 5.51. The van der Waals surface area contributed by atoms with Crippen LogP contribution in [0.15, 0.2) is 77.5 Å². The Kier molecular flexibility index (Phi) is 4.25. The lowest BCUT2D eigenvalue weighted by Crippen LogP contribution is -1.96. The van der Waals surface area contributed by atoms with Crippen LogP contribution in [0.25, 0.3) is 0 Å². The van der Waals surface area contributed by atoms with E-state index >= 15 is 0 Å². The van der Waals surface area contributed by atoms with Crippen molar-refractivity contribution >= 4 is 17.1 Å². The highest BCUT2D eigenvalue weighted by atomic mass is 15.1. The van der Waals surface area contributed by atoms with E-state index in [0.29, 0.717) is 0 Å². The molecule has 0 amide bonds. The van der Waals surface area contributed by atoms with E-state index in [1.165, 1.54) is 0 Å². The molecule has 3 heteroatoms. The lowest BCUT2D eigenvalue weighted by Gasteiger charge is -2.02. The van der Waals surface area contributed by atoms with E-state index in [0.717, 1.165) is 23.6 Å². The standard InChI is InChI=1S/C15H15N3/c1-2-12-16-13-8-10-15(11-9-13)18-17-14-6-4-3-5-7-14/h2-11,16H,1,12H2/b18-17+. The van der Waals surface area contributed by atoms with Crippen LogP contribution in [0.5, 0.6) is 0 Å². The molecule has 0 aliphatic carbocycles. The quantitative estimate of drug-likeness (QED) is 0.594. The molecule has 0 saturated carbocycles. The molecular formula is C15H15N3. The van der Waals surface area contributed by atoms with Crippen LogP contribution >= 0.6 is 0 Å². The van der Waals surface area contributed by atoms with Gasteiger partial charge in [-0.2, -0.15) is 10.2 Å². The van der Waals surface area contributed by atoms with Gasteiger partial charge in [-0.3, -0.25) is 0 Å². The van der Waals surface area contributed by atoms with Gasteiger partial charge in [-0.25, -0.2) is 0 Å². The molecule has 0 saturated heterocycles. The van der Waals surface area contributed by atoms with E-state index in [9.17, 15) is 0 Å². The minimum atomic E-state index is 0.755. The van der Waals surface area contributed by atoms with Gasteiger partial charge in [-0.05, 0) is 36.4 Å². The predicted molar refractivity (Wildman–Crippen MR) is 75.7 cm³/mol. The van der Waals surface area contributed by atoms with E-state index < -0.39 is 0 Å². The summed E-state index contributed by atoms with van der Waals surface area (Å²) in [6.07, 6.45) is 1.82. The molecule has 0 bridgehead atoms. The molecule has 0 unspecified atom stereocenters. The van der Waals surface area contributed by atoms with Gasteiger partial charge in [0.25, 0.3) is 0 Å². The number of rotatable bonds is 5. The second-order valence-electron chi connectivity index (χ2n) is 3.75. The largest absolute Gasteiger partial charge is 0.382 e. The second-order valence-corrected chi connectivity index (χ2v) is 3.75. The first-order valence-electron chi connectivity index (χ1n) is 5.80. The zero-order chi connectivity index (χ0) is 12.6. The van der Waals surface area contributed by atoms with Gasteiger partial charge in [0.1, 0.15) is 0 Å². The lowest BCUT2D eigenvalue weighted by atomic mass is 10.3. The maximum absolute atomic E-state index is 4.17. The summed E-state index contributed by atoms with van der Waals surface area (Å²) in [7, 11) is 0. The Hall–Kier alpha value is -2.42. The Bertz CT molecular complexity index is 515. The van der Waals surface area contributed by atoms with Crippen LogP contribution in [0, 0.1) is 0 Å². The molecular weight excluding hydrogens is 222 g/mol. The SMILES string of the molecule is C=CCNc1ccc(/N=N/c2ccccc2)cc1. The fourth-order valence-corrected chi connectivity index (χ4v) is 1.45. The second kappa shape index (κ2) is 6.35. The van der Waals surface area contributed by atoms with Crippen molar-refractivity contribution in [3.05, 3.63) is 67.3 Å². The Morgan fingerprint density at radius 2 is 1.50 bits per heavy atom. The third-order valence-electron chi connectivity index (χ3n) is 2.35. The van der Waals surface area contributed by atoms with E-state index in [-0.39, 0.29) is 0 Å². The fraction of sp³-hybridized carbons (Fsp3) is 0.0667. The monoisotopic (exact) mass is 237 g/mol. The molecule has 1 N–H and O–H groups in total. The van der Waals surface area contributed by atoms with E-state index in [1.807, 2.05) is 60.7 Å². The predicted octanol–water partition coefficient (Wildman–Crippen LogP) is 4.70. The molecule has 0 atom stereocenters. The molecule has 0 fully saturated rings. The van der Waals surface area contributed by atoms with Crippen molar-refractivity contribution in [2.24, 2.45) is 10.2 Å². The number of benzene rings is 2. The molecule has 2 rings (SSSR count). The summed E-state index contributed by atoms with van der Waals surface area (Å²) in [5.74, 6) is 0. The molecule has 90 valence electrons. The molecule has 0 aromatic heterocycles. The summed E-state index contributed by atoms with van der Waals surface area (Å²) in [4.78, 5) is 0. The summed E-state index contributed by atoms with van der Waals surface area (Å²) in [5.41, 5.74) is 2.74. The molecule has 0 spiro atoms. The van der Waals surface area contributed by atoms with Crippen molar-refractivity contribution in [3.63, 3.8) is 0 Å². The van der Waals surface area contributed by atoms with E-state index in [2.05, 4.69) is 22.1 Å². The highest BCUT2D eigenvalue weighted by Crippen LogP contribution is 2.19. The first-order chi connectivity index (χ1) is 8.88. The summed E-state index contributed by atoms with van der Waals surface area (Å²) in [6.45, 7) is 4.42. The van der Waals surface area contributed by atoms with Gasteiger partial charge in [-0.15, -0.1) is 6.58 Å². The minimum absolute atomic E-state index is 0.755. The van der Waals surface area contributed by atoms with Crippen LogP contribution in [-0.4, -0.2) is 6.54 Å². The maximum Gasteiger partial charge on any atom is 0.0858 e. The zero-order valence-electron chi connectivity index (χ0n) is 10.1. The van der Waals surface area contributed by atoms with E-state index in [1.54, 1.807) is 0 Å².